The van der Waals surface area contributed by atoms with E-state index in [0.717, 1.165) is 57.4 Å². The molecule has 0 atom stereocenters. The van der Waals surface area contributed by atoms with Gasteiger partial charge in [-0.3, -0.25) is 9.69 Å². The molecule has 3 heterocycles. The van der Waals surface area contributed by atoms with Gasteiger partial charge in [0, 0.05) is 57.4 Å². The van der Waals surface area contributed by atoms with Gasteiger partial charge < -0.3 is 19.7 Å². The lowest BCUT2D eigenvalue weighted by molar-refractivity contribution is 0.0844. The molecule has 0 unspecified atom stereocenters. The lowest BCUT2D eigenvalue weighted by Crippen LogP contribution is -2.55. The van der Waals surface area contributed by atoms with Crippen molar-refractivity contribution in [3.63, 3.8) is 0 Å². The zero-order valence-corrected chi connectivity index (χ0v) is 21.1. The van der Waals surface area contributed by atoms with E-state index in [-0.39, 0.29) is 22.2 Å². The quantitative estimate of drug-likeness (QED) is 0.647. The normalized spacial score (nSPS) is 18.6. The average molecular weight is 495 g/mol. The van der Waals surface area contributed by atoms with E-state index in [1.807, 2.05) is 25.5 Å². The Morgan fingerprint density at radius 2 is 1.76 bits per heavy atom. The Kier molecular flexibility index (Phi) is 7.28. The molecular weight excluding hydrogens is 462 g/mol. The zero-order valence-electron chi connectivity index (χ0n) is 20.3. The summed E-state index contributed by atoms with van der Waals surface area (Å²) < 4.78 is 30.4. The third kappa shape index (κ3) is 5.43. The summed E-state index contributed by atoms with van der Waals surface area (Å²) >= 11 is 5.96. The first kappa shape index (κ1) is 25.0. The van der Waals surface area contributed by atoms with Crippen LogP contribution in [0.1, 0.15) is 36.5 Å². The van der Waals surface area contributed by atoms with Crippen molar-refractivity contribution in [2.24, 2.45) is 0 Å². The molecule has 0 radical (unpaired) electrons. The third-order valence-electron chi connectivity index (χ3n) is 6.55. The second-order valence-electron chi connectivity index (χ2n) is 10.1. The topological polar surface area (TPSA) is 56.6 Å². The van der Waals surface area contributed by atoms with Crippen molar-refractivity contribution in [3.05, 3.63) is 40.2 Å². The minimum atomic E-state index is -0.825. The molecule has 0 aliphatic carbocycles. The van der Waals surface area contributed by atoms with Crippen LogP contribution >= 0.6 is 11.6 Å². The number of fused-ring (bicyclic) bond motifs is 1. The van der Waals surface area contributed by atoms with Crippen molar-refractivity contribution in [2.45, 2.75) is 38.9 Å². The SMILES string of the molecule is CN1CCN(CC(C)(C)NC(=O)c2nc(-c3cc(Cl)c(F)cc3F)n3c2CN(C)CCC3)CC1. The van der Waals surface area contributed by atoms with Gasteiger partial charge in [0.25, 0.3) is 5.91 Å². The fourth-order valence-electron chi connectivity index (χ4n) is 4.77. The van der Waals surface area contributed by atoms with Crippen LogP contribution in [-0.2, 0) is 13.1 Å². The number of carbonyl (C=O) groups is 1. The van der Waals surface area contributed by atoms with E-state index in [4.69, 9.17) is 11.6 Å². The minimum Gasteiger partial charge on any atom is -0.344 e. The summed E-state index contributed by atoms with van der Waals surface area (Å²) in [6, 6.07) is 2.01. The highest BCUT2D eigenvalue weighted by Gasteiger charge is 2.31. The Morgan fingerprint density at radius 3 is 2.47 bits per heavy atom. The highest BCUT2D eigenvalue weighted by Crippen LogP contribution is 2.31. The van der Waals surface area contributed by atoms with Gasteiger partial charge in [0.2, 0.25) is 0 Å². The largest absolute Gasteiger partial charge is 0.344 e. The van der Waals surface area contributed by atoms with Crippen LogP contribution in [0.4, 0.5) is 8.78 Å². The van der Waals surface area contributed by atoms with Gasteiger partial charge in [0.1, 0.15) is 17.5 Å². The first-order valence-electron chi connectivity index (χ1n) is 11.7. The molecule has 2 aliphatic heterocycles. The van der Waals surface area contributed by atoms with Crippen molar-refractivity contribution < 1.29 is 13.6 Å². The number of nitrogens with one attached hydrogen (secondary N) is 1. The monoisotopic (exact) mass is 494 g/mol. The van der Waals surface area contributed by atoms with Gasteiger partial charge >= 0.3 is 0 Å². The molecule has 186 valence electrons. The Balaban J connectivity index is 1.65. The standard InChI is InChI=1S/C24H33ClF2N6O/c1-24(2,15-32-10-8-30(3)9-11-32)29-23(34)21-20-14-31(4)6-5-7-33(20)22(28-21)16-12-17(25)19(27)13-18(16)26/h12-13H,5-11,14-15H2,1-4H3,(H,29,34). The molecule has 1 amide bonds. The van der Waals surface area contributed by atoms with Crippen LogP contribution in [0, 0.1) is 11.6 Å². The molecule has 34 heavy (non-hydrogen) atoms. The van der Waals surface area contributed by atoms with E-state index >= 15 is 0 Å². The van der Waals surface area contributed by atoms with Crippen molar-refractivity contribution in [2.75, 3.05) is 53.4 Å². The highest BCUT2D eigenvalue weighted by atomic mass is 35.5. The van der Waals surface area contributed by atoms with Gasteiger partial charge in [-0.25, -0.2) is 13.8 Å². The Morgan fingerprint density at radius 1 is 1.06 bits per heavy atom. The molecule has 7 nitrogen and oxygen atoms in total. The fraction of sp³-hybridized carbons (Fsp3) is 0.583. The second kappa shape index (κ2) is 9.89. The van der Waals surface area contributed by atoms with E-state index in [1.165, 1.54) is 6.07 Å². The summed E-state index contributed by atoms with van der Waals surface area (Å²) in [5, 5.41) is 2.97. The van der Waals surface area contributed by atoms with E-state index in [1.54, 1.807) is 0 Å². The minimum absolute atomic E-state index is 0.0907. The van der Waals surface area contributed by atoms with Gasteiger partial charge in [-0.1, -0.05) is 11.6 Å². The molecule has 10 heteroatoms. The number of halogens is 3. The van der Waals surface area contributed by atoms with Gasteiger partial charge in [0.05, 0.1) is 16.3 Å². The molecule has 1 aromatic heterocycles. The van der Waals surface area contributed by atoms with Crippen LogP contribution in [0.3, 0.4) is 0 Å². The lowest BCUT2D eigenvalue weighted by Gasteiger charge is -2.38. The number of piperazine rings is 1. The molecular formula is C24H33ClF2N6O. The first-order valence-corrected chi connectivity index (χ1v) is 12.1. The van der Waals surface area contributed by atoms with E-state index in [9.17, 15) is 13.6 Å². The third-order valence-corrected chi connectivity index (χ3v) is 6.84. The molecule has 2 aromatic rings. The van der Waals surface area contributed by atoms with Gasteiger partial charge in [-0.2, -0.15) is 0 Å². The number of hydrogen-bond acceptors (Lipinski definition) is 5. The predicted octanol–water partition coefficient (Wildman–Crippen LogP) is 3.07. The maximum Gasteiger partial charge on any atom is 0.272 e. The molecule has 0 spiro atoms. The first-order chi connectivity index (χ1) is 16.0. The van der Waals surface area contributed by atoms with E-state index in [2.05, 4.69) is 32.0 Å². The van der Waals surface area contributed by atoms with Gasteiger partial charge in [-0.05, 0) is 47.0 Å². The number of amides is 1. The van der Waals surface area contributed by atoms with Crippen LogP contribution < -0.4 is 5.32 Å². The molecule has 4 rings (SSSR count). The summed E-state index contributed by atoms with van der Waals surface area (Å²) in [6.45, 7) is 10.6. The number of hydrogen-bond donors (Lipinski definition) is 1. The van der Waals surface area contributed by atoms with E-state index in [0.29, 0.717) is 18.9 Å². The molecule has 0 bridgehead atoms. The summed E-state index contributed by atoms with van der Waals surface area (Å²) in [5.74, 6) is -1.58. The number of benzene rings is 1. The number of nitrogens with zero attached hydrogens (tertiary/aromatic N) is 5. The second-order valence-corrected chi connectivity index (χ2v) is 10.5. The lowest BCUT2D eigenvalue weighted by atomic mass is 10.0. The van der Waals surface area contributed by atoms with Crippen molar-refractivity contribution in [1.82, 2.24) is 29.6 Å². The smallest absolute Gasteiger partial charge is 0.272 e. The maximum atomic E-state index is 14.8. The van der Waals surface area contributed by atoms with Crippen molar-refractivity contribution in [1.29, 1.82) is 0 Å². The number of rotatable bonds is 5. The van der Waals surface area contributed by atoms with Gasteiger partial charge in [-0.15, -0.1) is 0 Å². The molecule has 2 aliphatic rings. The van der Waals surface area contributed by atoms with Crippen molar-refractivity contribution >= 4 is 17.5 Å². The summed E-state index contributed by atoms with van der Waals surface area (Å²) in [7, 11) is 4.09. The predicted molar refractivity (Wildman–Crippen MR) is 129 cm³/mol. The van der Waals surface area contributed by atoms with Crippen LogP contribution in [0.2, 0.25) is 5.02 Å². The molecule has 0 saturated carbocycles. The Bertz CT molecular complexity index is 1060. The number of imidazole rings is 1. The molecule has 1 fully saturated rings. The fourth-order valence-corrected chi connectivity index (χ4v) is 4.94. The maximum absolute atomic E-state index is 14.8. The Labute approximate surface area is 204 Å². The Hall–Kier alpha value is -2.07. The van der Waals surface area contributed by atoms with Crippen LogP contribution in [0.5, 0.6) is 0 Å². The summed E-state index contributed by atoms with van der Waals surface area (Å²) in [4.78, 5) is 24.8. The molecule has 1 aromatic carbocycles. The molecule has 1 N–H and O–H groups in total. The zero-order chi connectivity index (χ0) is 24.6. The molecule has 1 saturated heterocycles. The van der Waals surface area contributed by atoms with Crippen molar-refractivity contribution in [3.8, 4) is 11.4 Å². The van der Waals surface area contributed by atoms with Crippen LogP contribution in [0.15, 0.2) is 12.1 Å². The average Bonchev–Trinajstić information content (AvgIpc) is 2.98. The van der Waals surface area contributed by atoms with Gasteiger partial charge in [0.15, 0.2) is 5.69 Å². The summed E-state index contributed by atoms with van der Waals surface area (Å²) in [5.41, 5.74) is 0.607. The van der Waals surface area contributed by atoms with Crippen LogP contribution in [0.25, 0.3) is 11.4 Å². The number of aromatic nitrogens is 2. The van der Waals surface area contributed by atoms with E-state index < -0.39 is 17.2 Å². The summed E-state index contributed by atoms with van der Waals surface area (Å²) in [6.07, 6.45) is 0.819. The number of carbonyl (C=O) groups excluding carboxylic acids is 1. The number of likely N-dealkylation sites (N-methyl/N-ethyl adjacent to an activating group) is 1. The highest BCUT2D eigenvalue weighted by molar-refractivity contribution is 6.31. The van der Waals surface area contributed by atoms with Crippen LogP contribution in [-0.4, -0.2) is 89.1 Å².